The minimum Gasteiger partial charge on any atom is -0.465 e. The number of imide groups is 1. The third kappa shape index (κ3) is 4.91. The van der Waals surface area contributed by atoms with Gasteiger partial charge >= 0.3 is 12.1 Å². The van der Waals surface area contributed by atoms with Gasteiger partial charge in [-0.3, -0.25) is 9.69 Å². The summed E-state index contributed by atoms with van der Waals surface area (Å²) in [6, 6.07) is 8.41. The van der Waals surface area contributed by atoms with E-state index in [-0.39, 0.29) is 31.1 Å². The van der Waals surface area contributed by atoms with Crippen LogP contribution in [0.5, 0.6) is 0 Å². The Kier molecular flexibility index (Phi) is 6.49. The van der Waals surface area contributed by atoms with E-state index >= 15 is 0 Å². The average molecular weight is 473 g/mol. The predicted molar refractivity (Wildman–Crippen MR) is 128 cm³/mol. The third-order valence-corrected chi connectivity index (χ3v) is 8.09. The van der Waals surface area contributed by atoms with Gasteiger partial charge in [0.15, 0.2) is 0 Å². The van der Waals surface area contributed by atoms with Gasteiger partial charge in [0.2, 0.25) is 5.91 Å². The fraction of sp³-hybridized carbons (Fsp3) is 0.522. The van der Waals surface area contributed by atoms with E-state index in [2.05, 4.69) is 24.2 Å². The molecule has 0 radical (unpaired) electrons. The normalized spacial score (nSPS) is 19.7. The molecule has 1 atom stereocenters. The molecule has 3 heterocycles. The Morgan fingerprint density at radius 3 is 2.67 bits per heavy atom. The maximum atomic E-state index is 13.2. The Morgan fingerprint density at radius 1 is 1.18 bits per heavy atom. The molecule has 4 amide bonds. The molecular weight excluding hydrogens is 440 g/mol. The number of ether oxygens (including phenoxy) is 1. The first-order valence-electron chi connectivity index (χ1n) is 11.4. The van der Waals surface area contributed by atoms with Crippen molar-refractivity contribution in [3.05, 3.63) is 30.5 Å². The predicted octanol–water partition coefficient (Wildman–Crippen LogP) is 4.04. The molecule has 2 aliphatic heterocycles. The Labute approximate surface area is 194 Å². The molecule has 9 nitrogen and oxygen atoms in total. The number of likely N-dealkylation sites (tertiary alicyclic amines) is 1. The van der Waals surface area contributed by atoms with E-state index in [1.54, 1.807) is 4.90 Å². The van der Waals surface area contributed by atoms with Crippen LogP contribution in [0, 0.1) is 0 Å². The molecule has 2 aromatic rings. The van der Waals surface area contributed by atoms with Gasteiger partial charge in [-0.05, 0) is 30.7 Å². The van der Waals surface area contributed by atoms with E-state index in [0.717, 1.165) is 29.1 Å². The number of benzene rings is 1. The lowest BCUT2D eigenvalue weighted by atomic mass is 10.1. The molecule has 1 aromatic carbocycles. The Bertz CT molecular complexity index is 1060. The van der Waals surface area contributed by atoms with Crippen LogP contribution >= 0.6 is 0 Å². The number of aromatic nitrogens is 1. The number of carbonyl (C=O) groups excluding carboxylic acids is 2. The van der Waals surface area contributed by atoms with Crippen LogP contribution < -0.4 is 4.90 Å². The molecule has 178 valence electrons. The topological polar surface area (TPSA) is 95.3 Å². The van der Waals surface area contributed by atoms with Gasteiger partial charge in [-0.25, -0.2) is 14.5 Å². The largest absolute Gasteiger partial charge is 0.465 e. The van der Waals surface area contributed by atoms with Crippen molar-refractivity contribution in [2.75, 3.05) is 37.9 Å². The first kappa shape index (κ1) is 23.3. The quantitative estimate of drug-likeness (QED) is 0.485. The van der Waals surface area contributed by atoms with Crippen molar-refractivity contribution in [3.8, 4) is 0 Å². The van der Waals surface area contributed by atoms with Crippen LogP contribution in [0.2, 0.25) is 25.7 Å². The van der Waals surface area contributed by atoms with Crippen LogP contribution in [-0.2, 0) is 9.53 Å². The zero-order valence-electron chi connectivity index (χ0n) is 19.5. The summed E-state index contributed by atoms with van der Waals surface area (Å²) in [6.45, 7) is 8.57. The summed E-state index contributed by atoms with van der Waals surface area (Å²) in [4.78, 5) is 41.3. The average Bonchev–Trinajstić information content (AvgIpc) is 3.39. The van der Waals surface area contributed by atoms with Gasteiger partial charge in [-0.1, -0.05) is 25.7 Å². The first-order valence-corrected chi connectivity index (χ1v) is 15.1. The molecule has 0 spiro atoms. The number of nitrogens with zero attached hydrogens (tertiary/aromatic N) is 4. The lowest BCUT2D eigenvalue weighted by Crippen LogP contribution is -2.53. The molecule has 2 saturated heterocycles. The molecule has 1 aromatic heterocycles. The van der Waals surface area contributed by atoms with Crippen LogP contribution in [0.15, 0.2) is 30.5 Å². The highest BCUT2D eigenvalue weighted by Crippen LogP contribution is 2.34. The molecule has 0 saturated carbocycles. The second-order valence-corrected chi connectivity index (χ2v) is 15.6. The van der Waals surface area contributed by atoms with E-state index in [9.17, 15) is 19.5 Å². The van der Waals surface area contributed by atoms with E-state index in [1.165, 1.54) is 9.80 Å². The Hall–Kier alpha value is -2.85. The van der Waals surface area contributed by atoms with Crippen molar-refractivity contribution in [1.82, 2.24) is 14.4 Å². The molecule has 33 heavy (non-hydrogen) atoms. The highest BCUT2D eigenvalue weighted by molar-refractivity contribution is 6.76. The fourth-order valence-electron chi connectivity index (χ4n) is 4.44. The van der Waals surface area contributed by atoms with Crippen molar-refractivity contribution >= 4 is 42.7 Å². The first-order chi connectivity index (χ1) is 15.7. The summed E-state index contributed by atoms with van der Waals surface area (Å²) in [5, 5.41) is 10.2. The Morgan fingerprint density at radius 2 is 1.97 bits per heavy atom. The third-order valence-electron chi connectivity index (χ3n) is 6.39. The molecule has 2 fully saturated rings. The minimum absolute atomic E-state index is 0.0251. The van der Waals surface area contributed by atoms with Crippen molar-refractivity contribution < 1.29 is 24.2 Å². The van der Waals surface area contributed by atoms with Gasteiger partial charge < -0.3 is 19.3 Å². The number of urea groups is 1. The number of hydrogen-bond acceptors (Lipinski definition) is 4. The molecule has 0 unspecified atom stereocenters. The van der Waals surface area contributed by atoms with Crippen LogP contribution in [0.4, 0.5) is 15.3 Å². The van der Waals surface area contributed by atoms with Crippen LogP contribution in [0.3, 0.4) is 0 Å². The highest BCUT2D eigenvalue weighted by Gasteiger charge is 2.34. The summed E-state index contributed by atoms with van der Waals surface area (Å²) >= 11 is 0. The van der Waals surface area contributed by atoms with Crippen molar-refractivity contribution in [1.29, 1.82) is 0 Å². The van der Waals surface area contributed by atoms with Crippen LogP contribution in [0.1, 0.15) is 18.9 Å². The SMILES string of the molecule is C[Si](C)(C)CCOCN1C(=O)CCN(c2cccc3c2ccn3[C@@H]2CCN(C(=O)O)C2)C1=O. The lowest BCUT2D eigenvalue weighted by molar-refractivity contribution is -0.133. The van der Waals surface area contributed by atoms with Gasteiger partial charge in [0.1, 0.15) is 6.73 Å². The van der Waals surface area contributed by atoms with E-state index in [1.807, 2.05) is 30.5 Å². The van der Waals surface area contributed by atoms with E-state index < -0.39 is 14.2 Å². The maximum Gasteiger partial charge on any atom is 0.407 e. The van der Waals surface area contributed by atoms with Crippen molar-refractivity contribution in [2.24, 2.45) is 0 Å². The number of carboxylic acid groups (broad SMARTS) is 1. The number of hydrogen-bond donors (Lipinski definition) is 1. The number of fused-ring (bicyclic) bond motifs is 1. The zero-order valence-corrected chi connectivity index (χ0v) is 20.5. The van der Waals surface area contributed by atoms with Crippen molar-refractivity contribution in [3.63, 3.8) is 0 Å². The van der Waals surface area contributed by atoms with Crippen LogP contribution in [-0.4, -0.2) is 78.6 Å². The fourth-order valence-corrected chi connectivity index (χ4v) is 5.20. The summed E-state index contributed by atoms with van der Waals surface area (Å²) in [6.07, 6.45) is 2.06. The van der Waals surface area contributed by atoms with E-state index in [0.29, 0.717) is 26.2 Å². The molecular formula is C23H32N4O5Si. The zero-order chi connectivity index (χ0) is 23.8. The molecule has 0 aliphatic carbocycles. The maximum absolute atomic E-state index is 13.2. The molecule has 2 aliphatic rings. The van der Waals surface area contributed by atoms with E-state index in [4.69, 9.17) is 4.74 Å². The molecule has 4 rings (SSSR count). The monoisotopic (exact) mass is 472 g/mol. The van der Waals surface area contributed by atoms with Gasteiger partial charge in [0.05, 0.1) is 17.2 Å². The number of rotatable bonds is 7. The number of carbonyl (C=O) groups is 3. The summed E-state index contributed by atoms with van der Waals surface area (Å²) in [5.41, 5.74) is 1.70. The van der Waals surface area contributed by atoms with Gasteiger partial charge in [0, 0.05) is 52.3 Å². The smallest absolute Gasteiger partial charge is 0.407 e. The summed E-state index contributed by atoms with van der Waals surface area (Å²) in [5.74, 6) is -0.214. The highest BCUT2D eigenvalue weighted by atomic mass is 28.3. The van der Waals surface area contributed by atoms with Crippen LogP contribution in [0.25, 0.3) is 10.9 Å². The van der Waals surface area contributed by atoms with Gasteiger partial charge in [0.25, 0.3) is 0 Å². The second kappa shape index (κ2) is 9.18. The van der Waals surface area contributed by atoms with Gasteiger partial charge in [-0.15, -0.1) is 0 Å². The number of anilines is 1. The second-order valence-electron chi connectivity index (χ2n) is 9.96. The molecule has 10 heteroatoms. The van der Waals surface area contributed by atoms with Gasteiger partial charge in [-0.2, -0.15) is 0 Å². The number of amides is 4. The summed E-state index contributed by atoms with van der Waals surface area (Å²) < 4.78 is 7.79. The standard InChI is InChI=1S/C23H32N4O5Si/c1-33(2,3)14-13-32-16-27-21(28)9-12-26(22(27)29)20-6-4-5-19-18(20)8-11-25(19)17-7-10-24(15-17)23(30)31/h4-6,8,11,17H,7,9-10,12-16H2,1-3H3,(H,30,31)/t17-/m1/s1. The molecule has 0 bridgehead atoms. The lowest BCUT2D eigenvalue weighted by Gasteiger charge is -2.34. The Balaban J connectivity index is 1.52. The summed E-state index contributed by atoms with van der Waals surface area (Å²) in [7, 11) is -1.26. The molecule has 1 N–H and O–H groups in total. The minimum atomic E-state index is -1.26. The van der Waals surface area contributed by atoms with Crippen molar-refractivity contribution in [2.45, 2.75) is 44.6 Å².